The fourth-order valence-corrected chi connectivity index (χ4v) is 10.8. The van der Waals surface area contributed by atoms with Crippen LogP contribution in [-0.2, 0) is 0 Å². The van der Waals surface area contributed by atoms with Crippen LogP contribution in [-0.4, -0.2) is 4.57 Å². The third-order valence-corrected chi connectivity index (χ3v) is 12.5. The van der Waals surface area contributed by atoms with E-state index in [1.54, 1.807) is 0 Å². The van der Waals surface area contributed by atoms with Gasteiger partial charge in [-0.05, 0) is 61.6 Å². The molecule has 0 radical (unpaired) electrons. The Morgan fingerprint density at radius 1 is 0.404 bits per heavy atom. The summed E-state index contributed by atoms with van der Waals surface area (Å²) in [6.07, 6.45) is 0. The first-order valence-electron chi connectivity index (χ1n) is 16.0. The van der Waals surface area contributed by atoms with E-state index in [9.17, 15) is 0 Å². The van der Waals surface area contributed by atoms with Gasteiger partial charge in [0, 0.05) is 26.2 Å². The Morgan fingerprint density at radius 2 is 1.00 bits per heavy atom. The van der Waals surface area contributed by atoms with E-state index in [1.165, 1.54) is 101 Å². The largest absolute Gasteiger partial charge is 0.306 e. The van der Waals surface area contributed by atoms with Crippen molar-refractivity contribution in [3.63, 3.8) is 0 Å². The molecule has 0 amide bonds. The summed E-state index contributed by atoms with van der Waals surface area (Å²) in [6.45, 7) is 0. The standard InChI is InChI=1S/C44H25NS2/c1-2-13-28-25-29(22-21-26(28)11-1)38-31-15-5-7-17-33(31)40(34-18-8-6-16-32(34)38)45-36-20-10-9-19-35(36)42-41(45)44-43(47-42)39-30-14-4-3-12-27(30)23-24-37(39)46-44/h1-25H. The second-order valence-corrected chi connectivity index (χ2v) is 14.5. The number of fused-ring (bicyclic) bond motifs is 12. The van der Waals surface area contributed by atoms with Crippen molar-refractivity contribution in [2.45, 2.75) is 0 Å². The number of hydrogen-bond acceptors (Lipinski definition) is 2. The quantitative estimate of drug-likeness (QED) is 0.167. The average Bonchev–Trinajstić information content (AvgIpc) is 3.78. The molecule has 47 heavy (non-hydrogen) atoms. The van der Waals surface area contributed by atoms with Crippen LogP contribution in [0, 0.1) is 0 Å². The molecule has 0 atom stereocenters. The summed E-state index contributed by atoms with van der Waals surface area (Å²) in [5.41, 5.74) is 6.38. The van der Waals surface area contributed by atoms with E-state index in [1.807, 2.05) is 22.7 Å². The molecule has 3 heterocycles. The highest BCUT2D eigenvalue weighted by Gasteiger charge is 2.25. The molecule has 0 fully saturated rings. The first kappa shape index (κ1) is 25.7. The summed E-state index contributed by atoms with van der Waals surface area (Å²) >= 11 is 3.90. The zero-order valence-corrected chi connectivity index (χ0v) is 26.8. The van der Waals surface area contributed by atoms with Crippen molar-refractivity contribution in [2.75, 3.05) is 0 Å². The number of rotatable bonds is 2. The van der Waals surface area contributed by atoms with Gasteiger partial charge in [-0.15, -0.1) is 22.7 Å². The van der Waals surface area contributed by atoms with Crippen molar-refractivity contribution in [1.29, 1.82) is 0 Å². The number of benzene rings is 8. The topological polar surface area (TPSA) is 4.93 Å². The molecular weight excluding hydrogens is 607 g/mol. The lowest BCUT2D eigenvalue weighted by Crippen LogP contribution is -1.98. The van der Waals surface area contributed by atoms with Gasteiger partial charge in [-0.25, -0.2) is 0 Å². The van der Waals surface area contributed by atoms with Gasteiger partial charge in [-0.1, -0.05) is 133 Å². The summed E-state index contributed by atoms with van der Waals surface area (Å²) in [7, 11) is 0. The number of nitrogens with zero attached hydrogens (tertiary/aromatic N) is 1. The molecule has 0 saturated carbocycles. The number of para-hydroxylation sites is 1. The van der Waals surface area contributed by atoms with Crippen LogP contribution < -0.4 is 0 Å². The van der Waals surface area contributed by atoms with E-state index in [0.29, 0.717) is 0 Å². The molecule has 3 heteroatoms. The molecule has 11 aromatic rings. The molecule has 0 unspecified atom stereocenters. The minimum Gasteiger partial charge on any atom is -0.306 e. The molecular formula is C44H25NS2. The Labute approximate surface area is 278 Å². The summed E-state index contributed by atoms with van der Waals surface area (Å²) in [6, 6.07) is 56.0. The van der Waals surface area contributed by atoms with Gasteiger partial charge in [0.05, 0.1) is 30.8 Å². The predicted octanol–water partition coefficient (Wildman–Crippen LogP) is 13.5. The van der Waals surface area contributed by atoms with Crippen molar-refractivity contribution in [3.8, 4) is 16.8 Å². The molecule has 0 N–H and O–H groups in total. The smallest absolute Gasteiger partial charge is 0.0829 e. The van der Waals surface area contributed by atoms with Gasteiger partial charge >= 0.3 is 0 Å². The van der Waals surface area contributed by atoms with Crippen LogP contribution >= 0.6 is 22.7 Å². The highest BCUT2D eigenvalue weighted by atomic mass is 32.1. The zero-order chi connectivity index (χ0) is 30.6. The molecule has 0 spiro atoms. The van der Waals surface area contributed by atoms with Crippen LogP contribution in [0.25, 0.3) is 101 Å². The van der Waals surface area contributed by atoms with Gasteiger partial charge < -0.3 is 4.57 Å². The molecule has 8 aromatic carbocycles. The minimum atomic E-state index is 1.25. The fraction of sp³-hybridized carbons (Fsp3) is 0. The summed E-state index contributed by atoms with van der Waals surface area (Å²) < 4.78 is 8.08. The Morgan fingerprint density at radius 3 is 1.77 bits per heavy atom. The summed E-state index contributed by atoms with van der Waals surface area (Å²) in [5.74, 6) is 0. The van der Waals surface area contributed by atoms with E-state index >= 15 is 0 Å². The summed E-state index contributed by atoms with van der Waals surface area (Å²) in [4.78, 5) is 0. The second-order valence-electron chi connectivity index (χ2n) is 12.4. The van der Waals surface area contributed by atoms with Crippen molar-refractivity contribution in [2.24, 2.45) is 0 Å². The first-order valence-corrected chi connectivity index (χ1v) is 17.7. The summed E-state index contributed by atoms with van der Waals surface area (Å²) in [5, 5.41) is 13.0. The van der Waals surface area contributed by atoms with Crippen LogP contribution in [0.2, 0.25) is 0 Å². The van der Waals surface area contributed by atoms with Crippen LogP contribution in [0.15, 0.2) is 152 Å². The van der Waals surface area contributed by atoms with Crippen LogP contribution in [0.1, 0.15) is 0 Å². The van der Waals surface area contributed by atoms with Crippen molar-refractivity contribution in [1.82, 2.24) is 4.57 Å². The zero-order valence-electron chi connectivity index (χ0n) is 25.2. The maximum atomic E-state index is 2.59. The third-order valence-electron chi connectivity index (χ3n) is 9.95. The Kier molecular flexibility index (Phi) is 5.20. The predicted molar refractivity (Wildman–Crippen MR) is 207 cm³/mol. The monoisotopic (exact) mass is 631 g/mol. The average molecular weight is 632 g/mol. The molecule has 1 nitrogen and oxygen atoms in total. The van der Waals surface area contributed by atoms with E-state index in [4.69, 9.17) is 0 Å². The van der Waals surface area contributed by atoms with E-state index in [0.717, 1.165) is 0 Å². The normalized spacial score (nSPS) is 12.3. The third kappa shape index (κ3) is 3.48. The molecule has 218 valence electrons. The van der Waals surface area contributed by atoms with E-state index < -0.39 is 0 Å². The fourth-order valence-electron chi connectivity index (χ4n) is 7.95. The van der Waals surface area contributed by atoms with E-state index in [2.05, 4.69) is 156 Å². The Balaban J connectivity index is 1.33. The maximum Gasteiger partial charge on any atom is 0.0829 e. The van der Waals surface area contributed by atoms with Gasteiger partial charge in [0.1, 0.15) is 0 Å². The lowest BCUT2D eigenvalue weighted by molar-refractivity contribution is 1.22. The Bertz CT molecular complexity index is 3020. The van der Waals surface area contributed by atoms with Gasteiger partial charge in [-0.2, -0.15) is 0 Å². The van der Waals surface area contributed by atoms with Gasteiger partial charge in [0.25, 0.3) is 0 Å². The van der Waals surface area contributed by atoms with Crippen LogP contribution in [0.3, 0.4) is 0 Å². The minimum absolute atomic E-state index is 1.25. The molecule has 11 rings (SSSR count). The van der Waals surface area contributed by atoms with Gasteiger partial charge in [0.2, 0.25) is 0 Å². The molecule has 0 aliphatic heterocycles. The van der Waals surface area contributed by atoms with Crippen molar-refractivity contribution >= 4 is 106 Å². The number of aromatic nitrogens is 1. The molecule has 0 aliphatic carbocycles. The molecule has 0 aliphatic rings. The van der Waals surface area contributed by atoms with E-state index in [-0.39, 0.29) is 0 Å². The van der Waals surface area contributed by atoms with Crippen molar-refractivity contribution < 1.29 is 0 Å². The highest BCUT2D eigenvalue weighted by molar-refractivity contribution is 7.37. The van der Waals surface area contributed by atoms with Gasteiger partial charge in [0.15, 0.2) is 0 Å². The Hall–Kier alpha value is -5.48. The number of hydrogen-bond donors (Lipinski definition) is 0. The van der Waals surface area contributed by atoms with Crippen molar-refractivity contribution in [3.05, 3.63) is 152 Å². The molecule has 3 aromatic heterocycles. The SMILES string of the molecule is c1ccc2cc(-c3c4ccccc4c(-n4c5ccccc5c5sc6c(sc7ccc8ccccc8c76)c54)c4ccccc34)ccc2c1. The molecule has 0 bridgehead atoms. The first-order chi connectivity index (χ1) is 23.3. The lowest BCUT2D eigenvalue weighted by Gasteiger charge is -2.19. The molecule has 0 saturated heterocycles. The highest BCUT2D eigenvalue weighted by Crippen LogP contribution is 2.52. The van der Waals surface area contributed by atoms with Gasteiger partial charge in [-0.3, -0.25) is 0 Å². The van der Waals surface area contributed by atoms with Crippen LogP contribution in [0.5, 0.6) is 0 Å². The second kappa shape index (κ2) is 9.52. The number of thiophene rings is 2. The lowest BCUT2D eigenvalue weighted by atomic mass is 9.89. The van der Waals surface area contributed by atoms with Crippen LogP contribution in [0.4, 0.5) is 0 Å². The maximum absolute atomic E-state index is 2.59.